The van der Waals surface area contributed by atoms with Crippen LogP contribution >= 0.6 is 0 Å². The number of anilines is 1. The molecule has 9 heteroatoms. The summed E-state index contributed by atoms with van der Waals surface area (Å²) in [5.41, 5.74) is -0.617. The Bertz CT molecular complexity index is 771. The van der Waals surface area contributed by atoms with Crippen molar-refractivity contribution in [3.05, 3.63) is 53.7 Å². The van der Waals surface area contributed by atoms with Crippen molar-refractivity contribution in [1.29, 1.82) is 0 Å². The van der Waals surface area contributed by atoms with Crippen molar-refractivity contribution in [3.8, 4) is 0 Å². The van der Waals surface area contributed by atoms with Crippen LogP contribution in [0.2, 0.25) is 0 Å². The van der Waals surface area contributed by atoms with E-state index in [4.69, 9.17) is 0 Å². The van der Waals surface area contributed by atoms with Gasteiger partial charge in [0.05, 0.1) is 0 Å². The van der Waals surface area contributed by atoms with E-state index in [9.17, 15) is 22.4 Å². The van der Waals surface area contributed by atoms with Crippen LogP contribution in [0.5, 0.6) is 0 Å². The number of alkyl halides is 3. The summed E-state index contributed by atoms with van der Waals surface area (Å²) in [6, 6.07) is 6.05. The van der Waals surface area contributed by atoms with Crippen LogP contribution in [-0.4, -0.2) is 35.0 Å². The highest BCUT2D eigenvalue weighted by atomic mass is 19.4. The molecule has 1 aliphatic heterocycles. The third kappa shape index (κ3) is 4.27. The summed E-state index contributed by atoms with van der Waals surface area (Å²) in [6.45, 7) is 0.922. The van der Waals surface area contributed by atoms with Gasteiger partial charge in [-0.1, -0.05) is 0 Å². The molecular weight excluding hydrogens is 352 g/mol. The first kappa shape index (κ1) is 18.1. The largest absolute Gasteiger partial charge is 0.433 e. The van der Waals surface area contributed by atoms with Gasteiger partial charge < -0.3 is 10.2 Å². The fraction of sp³-hybridized carbons (Fsp3) is 0.353. The number of halogens is 4. The van der Waals surface area contributed by atoms with Crippen LogP contribution < -0.4 is 10.2 Å². The highest BCUT2D eigenvalue weighted by molar-refractivity contribution is 5.94. The smallest absolute Gasteiger partial charge is 0.356 e. The predicted octanol–water partition coefficient (Wildman–Crippen LogP) is 3.03. The van der Waals surface area contributed by atoms with Gasteiger partial charge in [-0.3, -0.25) is 4.79 Å². The van der Waals surface area contributed by atoms with E-state index in [0.29, 0.717) is 31.5 Å². The molecule has 1 aromatic carbocycles. The van der Waals surface area contributed by atoms with E-state index >= 15 is 0 Å². The summed E-state index contributed by atoms with van der Waals surface area (Å²) in [5.74, 6) is -0.501. The average Bonchev–Trinajstić information content (AvgIpc) is 2.62. The number of carbonyl (C=O) groups excluding carboxylic acids is 1. The lowest BCUT2D eigenvalue weighted by Crippen LogP contribution is -2.45. The molecule has 0 unspecified atom stereocenters. The SMILES string of the molecule is O=C(NC1CCN(c2cc(C(F)(F)F)ncn2)CC1)c1ccc(F)cc1. The molecule has 1 aromatic heterocycles. The molecule has 0 spiro atoms. The first-order valence-corrected chi connectivity index (χ1v) is 8.03. The highest BCUT2D eigenvalue weighted by Crippen LogP contribution is 2.29. The predicted molar refractivity (Wildman–Crippen MR) is 86.1 cm³/mol. The molecule has 1 saturated heterocycles. The van der Waals surface area contributed by atoms with Crippen molar-refractivity contribution in [2.24, 2.45) is 0 Å². The van der Waals surface area contributed by atoms with E-state index < -0.39 is 17.7 Å². The lowest BCUT2D eigenvalue weighted by molar-refractivity contribution is -0.141. The number of amides is 1. The molecule has 0 atom stereocenters. The van der Waals surface area contributed by atoms with Crippen LogP contribution in [0.25, 0.3) is 0 Å². The van der Waals surface area contributed by atoms with E-state index in [1.165, 1.54) is 24.3 Å². The molecule has 2 heterocycles. The van der Waals surface area contributed by atoms with Crippen LogP contribution in [0.3, 0.4) is 0 Å². The van der Waals surface area contributed by atoms with Gasteiger partial charge >= 0.3 is 6.18 Å². The summed E-state index contributed by atoms with van der Waals surface area (Å²) >= 11 is 0. The first-order chi connectivity index (χ1) is 12.3. The van der Waals surface area contributed by atoms with Gasteiger partial charge in [0, 0.05) is 30.8 Å². The summed E-state index contributed by atoms with van der Waals surface area (Å²) < 4.78 is 51.1. The van der Waals surface area contributed by atoms with E-state index in [2.05, 4.69) is 15.3 Å². The second-order valence-corrected chi connectivity index (χ2v) is 6.00. The van der Waals surface area contributed by atoms with E-state index in [1.54, 1.807) is 4.90 Å². The molecular formula is C17H16F4N4O. The minimum absolute atomic E-state index is 0.104. The molecule has 1 amide bonds. The molecule has 0 bridgehead atoms. The van der Waals surface area contributed by atoms with Crippen molar-refractivity contribution < 1.29 is 22.4 Å². The molecule has 138 valence electrons. The van der Waals surface area contributed by atoms with Crippen molar-refractivity contribution >= 4 is 11.7 Å². The molecule has 5 nitrogen and oxygen atoms in total. The van der Waals surface area contributed by atoms with Gasteiger partial charge in [0.1, 0.15) is 23.7 Å². The van der Waals surface area contributed by atoms with Gasteiger partial charge in [-0.05, 0) is 37.1 Å². The summed E-state index contributed by atoms with van der Waals surface area (Å²) in [5, 5.41) is 2.86. The number of hydrogen-bond donors (Lipinski definition) is 1. The molecule has 0 saturated carbocycles. The van der Waals surface area contributed by atoms with Gasteiger partial charge in [-0.2, -0.15) is 13.2 Å². The maximum Gasteiger partial charge on any atom is 0.433 e. The zero-order chi connectivity index (χ0) is 18.7. The molecule has 3 rings (SSSR count). The fourth-order valence-electron chi connectivity index (χ4n) is 2.80. The lowest BCUT2D eigenvalue weighted by Gasteiger charge is -2.33. The van der Waals surface area contributed by atoms with E-state index in [1.807, 2.05) is 0 Å². The number of nitrogens with one attached hydrogen (secondary N) is 1. The number of benzene rings is 1. The van der Waals surface area contributed by atoms with Crippen molar-refractivity contribution in [1.82, 2.24) is 15.3 Å². The van der Waals surface area contributed by atoms with E-state index in [0.717, 1.165) is 12.4 Å². The van der Waals surface area contributed by atoms with Crippen molar-refractivity contribution in [2.75, 3.05) is 18.0 Å². The lowest BCUT2D eigenvalue weighted by atomic mass is 10.0. The first-order valence-electron chi connectivity index (χ1n) is 8.03. The number of carbonyl (C=O) groups is 1. The van der Waals surface area contributed by atoms with Gasteiger partial charge in [0.2, 0.25) is 0 Å². The maximum atomic E-state index is 12.9. The molecule has 0 radical (unpaired) electrons. The Balaban J connectivity index is 1.57. The quantitative estimate of drug-likeness (QED) is 0.847. The standard InChI is InChI=1S/C17H16F4N4O/c18-12-3-1-11(2-4-12)16(26)24-13-5-7-25(8-6-13)15-9-14(17(19,20)21)22-10-23-15/h1-4,9-10,13H,5-8H2,(H,24,26). The van der Waals surface area contributed by atoms with Gasteiger partial charge in [-0.15, -0.1) is 0 Å². The highest BCUT2D eigenvalue weighted by Gasteiger charge is 2.33. The second-order valence-electron chi connectivity index (χ2n) is 6.00. The van der Waals surface area contributed by atoms with E-state index in [-0.39, 0.29) is 17.8 Å². The minimum atomic E-state index is -4.51. The van der Waals surface area contributed by atoms with Crippen molar-refractivity contribution in [2.45, 2.75) is 25.1 Å². The number of rotatable bonds is 3. The van der Waals surface area contributed by atoms with Gasteiger partial charge in [0.15, 0.2) is 0 Å². The third-order valence-corrected chi connectivity index (χ3v) is 4.20. The Labute approximate surface area is 147 Å². The Kier molecular flexibility index (Phi) is 5.06. The third-order valence-electron chi connectivity index (χ3n) is 4.20. The Morgan fingerprint density at radius 2 is 1.77 bits per heavy atom. The zero-order valence-corrected chi connectivity index (χ0v) is 13.6. The molecule has 2 aromatic rings. The summed E-state index contributed by atoms with van der Waals surface area (Å²) in [6.07, 6.45) is -2.48. The number of hydrogen-bond acceptors (Lipinski definition) is 4. The van der Waals surface area contributed by atoms with Crippen LogP contribution in [0.1, 0.15) is 28.9 Å². The molecule has 1 N–H and O–H groups in total. The van der Waals surface area contributed by atoms with Crippen LogP contribution in [-0.2, 0) is 6.18 Å². The number of nitrogens with zero attached hydrogens (tertiary/aromatic N) is 3. The normalized spacial score (nSPS) is 15.8. The fourth-order valence-corrected chi connectivity index (χ4v) is 2.80. The molecule has 1 aliphatic rings. The second kappa shape index (κ2) is 7.27. The Morgan fingerprint density at radius 3 is 2.38 bits per heavy atom. The average molecular weight is 368 g/mol. The summed E-state index contributed by atoms with van der Waals surface area (Å²) in [4.78, 5) is 21.0. The van der Waals surface area contributed by atoms with Gasteiger partial charge in [0.25, 0.3) is 5.91 Å². The number of piperidine rings is 1. The van der Waals surface area contributed by atoms with Crippen LogP contribution in [0.15, 0.2) is 36.7 Å². The Morgan fingerprint density at radius 1 is 1.12 bits per heavy atom. The monoisotopic (exact) mass is 368 g/mol. The van der Waals surface area contributed by atoms with Crippen molar-refractivity contribution in [3.63, 3.8) is 0 Å². The molecule has 1 fully saturated rings. The Hall–Kier alpha value is -2.71. The van der Waals surface area contributed by atoms with Crippen LogP contribution in [0.4, 0.5) is 23.4 Å². The number of aromatic nitrogens is 2. The zero-order valence-electron chi connectivity index (χ0n) is 13.6. The molecule has 0 aliphatic carbocycles. The topological polar surface area (TPSA) is 58.1 Å². The van der Waals surface area contributed by atoms with Gasteiger partial charge in [-0.25, -0.2) is 14.4 Å². The minimum Gasteiger partial charge on any atom is -0.356 e. The summed E-state index contributed by atoms with van der Waals surface area (Å²) in [7, 11) is 0. The maximum absolute atomic E-state index is 12.9. The molecule has 26 heavy (non-hydrogen) atoms. The van der Waals surface area contributed by atoms with Crippen LogP contribution in [0, 0.1) is 5.82 Å².